The summed E-state index contributed by atoms with van der Waals surface area (Å²) in [6.45, 7) is 3.60. The van der Waals surface area contributed by atoms with E-state index >= 15 is 0 Å². The maximum absolute atomic E-state index is 12.2. The van der Waals surface area contributed by atoms with Crippen molar-refractivity contribution in [2.45, 2.75) is 38.6 Å². The second-order valence-electron chi connectivity index (χ2n) is 7.41. The normalized spacial score (nSPS) is 28.5. The number of carbonyl (C=O) groups excluding carboxylic acids is 1. The topological polar surface area (TPSA) is 59.6 Å². The molecule has 1 amide bonds. The lowest BCUT2D eigenvalue weighted by Crippen LogP contribution is -2.42. The highest BCUT2D eigenvalue weighted by Crippen LogP contribution is 2.49. The van der Waals surface area contributed by atoms with Crippen LogP contribution in [-0.4, -0.2) is 31.7 Å². The molecule has 0 aromatic heterocycles. The van der Waals surface area contributed by atoms with Crippen LogP contribution in [0.4, 0.5) is 5.69 Å². The Kier molecular flexibility index (Phi) is 4.25. The number of hydrogen-bond donors (Lipinski definition) is 2. The first-order valence-electron chi connectivity index (χ1n) is 9.12. The van der Waals surface area contributed by atoms with Crippen molar-refractivity contribution in [3.05, 3.63) is 18.2 Å². The standard InChI is InChI=1S/C19H26N2O3/c1-12(16-9-13-2-3-14(16)8-13)21-19(22)11-20-15-4-5-17-18(10-15)24-7-6-23-17/h4-5,10,12-14,16,20H,2-3,6-9,11H2,1H3,(H,21,22)/t12-,13+,14+,16-/m1/s1. The third-order valence-corrected chi connectivity index (χ3v) is 5.82. The van der Waals surface area contributed by atoms with Crippen LogP contribution < -0.4 is 20.1 Å². The summed E-state index contributed by atoms with van der Waals surface area (Å²) in [4.78, 5) is 12.2. The zero-order valence-corrected chi connectivity index (χ0v) is 14.2. The maximum Gasteiger partial charge on any atom is 0.239 e. The predicted molar refractivity (Wildman–Crippen MR) is 92.5 cm³/mol. The molecule has 0 radical (unpaired) electrons. The molecule has 2 fully saturated rings. The Labute approximate surface area is 143 Å². The van der Waals surface area contributed by atoms with Gasteiger partial charge < -0.3 is 20.1 Å². The Balaban J connectivity index is 1.27. The van der Waals surface area contributed by atoms with E-state index in [1.54, 1.807) is 0 Å². The van der Waals surface area contributed by atoms with E-state index < -0.39 is 0 Å². The summed E-state index contributed by atoms with van der Waals surface area (Å²) in [6.07, 6.45) is 5.42. The van der Waals surface area contributed by atoms with Crippen molar-refractivity contribution in [1.82, 2.24) is 5.32 Å². The second kappa shape index (κ2) is 6.54. The number of ether oxygens (including phenoxy) is 2. The first kappa shape index (κ1) is 15.6. The van der Waals surface area contributed by atoms with E-state index in [-0.39, 0.29) is 18.5 Å². The number of benzene rings is 1. The van der Waals surface area contributed by atoms with Crippen molar-refractivity contribution in [3.63, 3.8) is 0 Å². The predicted octanol–water partition coefficient (Wildman–Crippen LogP) is 2.81. The van der Waals surface area contributed by atoms with Gasteiger partial charge in [0, 0.05) is 17.8 Å². The van der Waals surface area contributed by atoms with Gasteiger partial charge in [-0.3, -0.25) is 4.79 Å². The zero-order valence-electron chi connectivity index (χ0n) is 14.2. The van der Waals surface area contributed by atoms with E-state index in [9.17, 15) is 4.79 Å². The molecule has 2 aliphatic carbocycles. The molecule has 2 bridgehead atoms. The molecule has 0 saturated heterocycles. The number of carbonyl (C=O) groups is 1. The van der Waals surface area contributed by atoms with E-state index in [1.807, 2.05) is 18.2 Å². The van der Waals surface area contributed by atoms with Gasteiger partial charge in [0.15, 0.2) is 11.5 Å². The summed E-state index contributed by atoms with van der Waals surface area (Å²) in [5.41, 5.74) is 0.877. The molecule has 2 saturated carbocycles. The molecule has 0 unspecified atom stereocenters. The highest BCUT2D eigenvalue weighted by atomic mass is 16.6. The third kappa shape index (κ3) is 3.17. The van der Waals surface area contributed by atoms with Crippen LogP contribution in [0.25, 0.3) is 0 Å². The molecule has 1 aromatic carbocycles. The molecule has 1 aromatic rings. The molecule has 1 aliphatic heterocycles. The molecular formula is C19H26N2O3. The van der Waals surface area contributed by atoms with Crippen LogP contribution in [0.2, 0.25) is 0 Å². The van der Waals surface area contributed by atoms with E-state index in [2.05, 4.69) is 17.6 Å². The number of fused-ring (bicyclic) bond motifs is 3. The number of anilines is 1. The Hall–Kier alpha value is -1.91. The summed E-state index contributed by atoms with van der Waals surface area (Å²) >= 11 is 0. The molecule has 3 aliphatic rings. The van der Waals surface area contributed by atoms with Crippen molar-refractivity contribution in [2.75, 3.05) is 25.1 Å². The lowest BCUT2D eigenvalue weighted by Gasteiger charge is -2.28. The maximum atomic E-state index is 12.2. The van der Waals surface area contributed by atoms with Crippen LogP contribution in [0.15, 0.2) is 18.2 Å². The first-order chi connectivity index (χ1) is 11.7. The van der Waals surface area contributed by atoms with E-state index in [4.69, 9.17) is 9.47 Å². The number of nitrogens with one attached hydrogen (secondary N) is 2. The Bertz CT molecular complexity index is 619. The molecule has 4 rings (SSSR count). The zero-order chi connectivity index (χ0) is 16.5. The fourth-order valence-electron chi connectivity index (χ4n) is 4.65. The largest absolute Gasteiger partial charge is 0.486 e. The van der Waals surface area contributed by atoms with Crippen LogP contribution in [0.5, 0.6) is 11.5 Å². The van der Waals surface area contributed by atoms with Crippen molar-refractivity contribution in [2.24, 2.45) is 17.8 Å². The van der Waals surface area contributed by atoms with E-state index in [1.165, 1.54) is 25.7 Å². The van der Waals surface area contributed by atoms with Gasteiger partial charge in [-0.1, -0.05) is 6.42 Å². The Morgan fingerprint density at radius 3 is 2.79 bits per heavy atom. The fraction of sp³-hybridized carbons (Fsp3) is 0.632. The summed E-state index contributed by atoms with van der Waals surface area (Å²) in [5, 5.41) is 6.36. The van der Waals surface area contributed by atoms with Gasteiger partial charge in [-0.2, -0.15) is 0 Å². The molecule has 5 nitrogen and oxygen atoms in total. The molecule has 4 atom stereocenters. The van der Waals surface area contributed by atoms with Gasteiger partial charge in [0.25, 0.3) is 0 Å². The number of rotatable bonds is 5. The molecule has 5 heteroatoms. The summed E-state index contributed by atoms with van der Waals surface area (Å²) in [6, 6.07) is 5.96. The van der Waals surface area contributed by atoms with E-state index in [0.29, 0.717) is 19.1 Å². The van der Waals surface area contributed by atoms with Crippen LogP contribution in [0.1, 0.15) is 32.6 Å². The monoisotopic (exact) mass is 330 g/mol. The molecule has 24 heavy (non-hydrogen) atoms. The smallest absolute Gasteiger partial charge is 0.239 e. The number of hydrogen-bond acceptors (Lipinski definition) is 4. The van der Waals surface area contributed by atoms with Crippen LogP contribution >= 0.6 is 0 Å². The lowest BCUT2D eigenvalue weighted by molar-refractivity contribution is -0.120. The average Bonchev–Trinajstić information content (AvgIpc) is 3.23. The summed E-state index contributed by atoms with van der Waals surface area (Å²) in [5.74, 6) is 3.97. The highest BCUT2D eigenvalue weighted by molar-refractivity contribution is 5.81. The Morgan fingerprint density at radius 1 is 1.21 bits per heavy atom. The quantitative estimate of drug-likeness (QED) is 0.871. The minimum Gasteiger partial charge on any atom is -0.486 e. The first-order valence-corrected chi connectivity index (χ1v) is 9.12. The fourth-order valence-corrected chi connectivity index (χ4v) is 4.65. The number of amides is 1. The molecular weight excluding hydrogens is 304 g/mol. The summed E-state index contributed by atoms with van der Waals surface area (Å²) < 4.78 is 11.1. The van der Waals surface area contributed by atoms with Crippen molar-refractivity contribution < 1.29 is 14.3 Å². The summed E-state index contributed by atoms with van der Waals surface area (Å²) in [7, 11) is 0. The third-order valence-electron chi connectivity index (χ3n) is 5.82. The van der Waals surface area contributed by atoms with Crippen LogP contribution in [0, 0.1) is 17.8 Å². The minimum absolute atomic E-state index is 0.0557. The average molecular weight is 330 g/mol. The van der Waals surface area contributed by atoms with Gasteiger partial charge in [0.05, 0.1) is 6.54 Å². The molecule has 0 spiro atoms. The van der Waals surface area contributed by atoms with Gasteiger partial charge >= 0.3 is 0 Å². The molecule has 130 valence electrons. The van der Waals surface area contributed by atoms with Gasteiger partial charge in [-0.25, -0.2) is 0 Å². The van der Waals surface area contributed by atoms with Crippen molar-refractivity contribution >= 4 is 11.6 Å². The highest BCUT2D eigenvalue weighted by Gasteiger charge is 2.42. The van der Waals surface area contributed by atoms with Crippen molar-refractivity contribution in [1.29, 1.82) is 0 Å². The van der Waals surface area contributed by atoms with Gasteiger partial charge in [-0.15, -0.1) is 0 Å². The minimum atomic E-state index is 0.0557. The lowest BCUT2D eigenvalue weighted by atomic mass is 9.84. The van der Waals surface area contributed by atoms with E-state index in [0.717, 1.165) is 29.0 Å². The molecule has 2 N–H and O–H groups in total. The van der Waals surface area contributed by atoms with Crippen molar-refractivity contribution in [3.8, 4) is 11.5 Å². The van der Waals surface area contributed by atoms with Crippen LogP contribution in [-0.2, 0) is 4.79 Å². The molecule has 1 heterocycles. The van der Waals surface area contributed by atoms with Gasteiger partial charge in [0.1, 0.15) is 13.2 Å². The van der Waals surface area contributed by atoms with Gasteiger partial charge in [-0.05, 0) is 56.1 Å². The Morgan fingerprint density at radius 2 is 2.04 bits per heavy atom. The second-order valence-corrected chi connectivity index (χ2v) is 7.41. The van der Waals surface area contributed by atoms with Crippen LogP contribution in [0.3, 0.4) is 0 Å². The van der Waals surface area contributed by atoms with Gasteiger partial charge in [0.2, 0.25) is 5.91 Å². The SMILES string of the molecule is C[C@@H](NC(=O)CNc1ccc2c(c1)OCCO2)[C@H]1C[C@H]2CC[C@H]1C2.